The van der Waals surface area contributed by atoms with Crippen molar-refractivity contribution in [2.45, 2.75) is 25.3 Å². The van der Waals surface area contributed by atoms with E-state index in [9.17, 15) is 9.59 Å². The Labute approximate surface area is 97.7 Å². The molecule has 17 heavy (non-hydrogen) atoms. The maximum Gasteiger partial charge on any atom is 0.353 e. The molecule has 1 aromatic heterocycles. The van der Waals surface area contributed by atoms with E-state index in [2.05, 4.69) is 21.6 Å². The van der Waals surface area contributed by atoms with E-state index in [0.717, 1.165) is 19.3 Å². The number of nitrogens with one attached hydrogen (secondary N) is 2. The Bertz CT molecular complexity index is 464. The molecular formula is C11H13N3O3. The molecule has 0 spiro atoms. The summed E-state index contributed by atoms with van der Waals surface area (Å²) in [5, 5.41) is 17.5. The lowest BCUT2D eigenvalue weighted by Gasteiger charge is -2.18. The number of H-pyrrole nitrogens is 1. The molecule has 1 aliphatic rings. The number of carboxylic acid groups (broad SMARTS) is 1. The van der Waals surface area contributed by atoms with Crippen LogP contribution in [-0.2, 0) is 0 Å². The van der Waals surface area contributed by atoms with Crippen molar-refractivity contribution in [1.82, 2.24) is 15.5 Å². The summed E-state index contributed by atoms with van der Waals surface area (Å²) in [5.74, 6) is -1.47. The highest BCUT2D eigenvalue weighted by molar-refractivity contribution is 5.95. The second-order valence-corrected chi connectivity index (χ2v) is 3.93. The molecule has 2 rings (SSSR count). The van der Waals surface area contributed by atoms with Gasteiger partial charge in [0.25, 0.3) is 5.91 Å². The van der Waals surface area contributed by atoms with Gasteiger partial charge in [0.1, 0.15) is 5.69 Å². The molecule has 0 saturated heterocycles. The van der Waals surface area contributed by atoms with E-state index in [0.29, 0.717) is 0 Å². The Kier molecular flexibility index (Phi) is 3.22. The summed E-state index contributed by atoms with van der Waals surface area (Å²) in [6.07, 6.45) is 6.77. The van der Waals surface area contributed by atoms with Crippen molar-refractivity contribution in [2.75, 3.05) is 0 Å². The van der Waals surface area contributed by atoms with E-state index in [-0.39, 0.29) is 23.3 Å². The molecule has 1 aromatic rings. The van der Waals surface area contributed by atoms with Gasteiger partial charge in [-0.15, -0.1) is 0 Å². The minimum absolute atomic E-state index is 0.0845. The van der Waals surface area contributed by atoms with Crippen molar-refractivity contribution >= 4 is 11.9 Å². The Morgan fingerprint density at radius 1 is 1.47 bits per heavy atom. The van der Waals surface area contributed by atoms with Gasteiger partial charge in [-0.05, 0) is 19.3 Å². The van der Waals surface area contributed by atoms with Crippen LogP contribution in [-0.4, -0.2) is 33.2 Å². The summed E-state index contributed by atoms with van der Waals surface area (Å²) < 4.78 is 0. The molecule has 1 aliphatic carbocycles. The molecule has 0 aliphatic heterocycles. The van der Waals surface area contributed by atoms with Gasteiger partial charge in [-0.1, -0.05) is 12.2 Å². The quantitative estimate of drug-likeness (QED) is 0.679. The van der Waals surface area contributed by atoms with Gasteiger partial charge < -0.3 is 10.4 Å². The van der Waals surface area contributed by atoms with Gasteiger partial charge >= 0.3 is 5.97 Å². The molecule has 0 bridgehead atoms. The normalized spacial score (nSPS) is 18.9. The monoisotopic (exact) mass is 235 g/mol. The maximum absolute atomic E-state index is 11.7. The average molecular weight is 235 g/mol. The lowest BCUT2D eigenvalue weighted by Crippen LogP contribution is -2.35. The summed E-state index contributed by atoms with van der Waals surface area (Å²) in [6.45, 7) is 0. The smallest absolute Gasteiger partial charge is 0.353 e. The zero-order valence-corrected chi connectivity index (χ0v) is 9.14. The first-order chi connectivity index (χ1) is 8.16. The number of rotatable bonds is 3. The fourth-order valence-electron chi connectivity index (χ4n) is 1.73. The van der Waals surface area contributed by atoms with Crippen LogP contribution in [0.5, 0.6) is 0 Å². The largest absolute Gasteiger partial charge is 0.477 e. The number of aromatic amines is 1. The molecule has 6 heteroatoms. The van der Waals surface area contributed by atoms with Gasteiger partial charge in [0, 0.05) is 12.1 Å². The first kappa shape index (κ1) is 11.4. The molecular weight excluding hydrogens is 222 g/mol. The van der Waals surface area contributed by atoms with E-state index in [4.69, 9.17) is 5.11 Å². The van der Waals surface area contributed by atoms with Crippen LogP contribution in [0.3, 0.4) is 0 Å². The van der Waals surface area contributed by atoms with E-state index in [1.165, 1.54) is 6.07 Å². The highest BCUT2D eigenvalue weighted by atomic mass is 16.4. The zero-order chi connectivity index (χ0) is 12.3. The number of carbonyl (C=O) groups excluding carboxylic acids is 1. The summed E-state index contributed by atoms with van der Waals surface area (Å²) in [6, 6.07) is 1.34. The third-order valence-corrected chi connectivity index (χ3v) is 2.65. The maximum atomic E-state index is 11.7. The molecule has 3 N–H and O–H groups in total. The topological polar surface area (TPSA) is 95.1 Å². The summed E-state index contributed by atoms with van der Waals surface area (Å²) in [7, 11) is 0. The number of hydrogen-bond donors (Lipinski definition) is 3. The fourth-order valence-corrected chi connectivity index (χ4v) is 1.73. The highest BCUT2D eigenvalue weighted by Crippen LogP contribution is 2.11. The number of hydrogen-bond acceptors (Lipinski definition) is 3. The van der Waals surface area contributed by atoms with Crippen LogP contribution in [0.15, 0.2) is 18.2 Å². The molecule has 90 valence electrons. The summed E-state index contributed by atoms with van der Waals surface area (Å²) in [4.78, 5) is 22.4. The van der Waals surface area contributed by atoms with Crippen LogP contribution < -0.4 is 5.32 Å². The molecule has 1 heterocycles. The van der Waals surface area contributed by atoms with Crippen molar-refractivity contribution in [3.63, 3.8) is 0 Å². The molecule has 1 amide bonds. The number of carboxylic acids is 1. The van der Waals surface area contributed by atoms with Crippen LogP contribution in [0.2, 0.25) is 0 Å². The first-order valence-electron chi connectivity index (χ1n) is 5.41. The van der Waals surface area contributed by atoms with Gasteiger partial charge in [-0.25, -0.2) is 4.79 Å². The van der Waals surface area contributed by atoms with Crippen LogP contribution in [0, 0.1) is 0 Å². The Morgan fingerprint density at radius 2 is 2.29 bits per heavy atom. The minimum Gasteiger partial charge on any atom is -0.477 e. The number of amides is 1. The molecule has 0 aromatic carbocycles. The number of aromatic carboxylic acids is 1. The number of carbonyl (C=O) groups is 2. The Morgan fingerprint density at radius 3 is 2.88 bits per heavy atom. The van der Waals surface area contributed by atoms with Crippen molar-refractivity contribution in [3.05, 3.63) is 29.6 Å². The van der Waals surface area contributed by atoms with Crippen LogP contribution in [0.1, 0.15) is 40.2 Å². The number of nitrogens with zero attached hydrogens (tertiary/aromatic N) is 1. The van der Waals surface area contributed by atoms with E-state index in [1.807, 2.05) is 6.08 Å². The fraction of sp³-hybridized carbons (Fsp3) is 0.364. The Hall–Kier alpha value is -2.11. The van der Waals surface area contributed by atoms with Crippen molar-refractivity contribution < 1.29 is 14.7 Å². The first-order valence-corrected chi connectivity index (χ1v) is 5.41. The Balaban J connectivity index is 1.99. The lowest BCUT2D eigenvalue weighted by atomic mass is 10.0. The standard InChI is InChI=1S/C11H13N3O3/c15-10(12-7-4-2-1-3-5-7)8-6-9(11(16)17)14-13-8/h1-2,6-7H,3-5H2,(H,12,15)(H,13,14)(H,16,17). The van der Waals surface area contributed by atoms with Crippen molar-refractivity contribution in [1.29, 1.82) is 0 Å². The minimum atomic E-state index is -1.13. The molecule has 0 radical (unpaired) electrons. The van der Waals surface area contributed by atoms with E-state index in [1.54, 1.807) is 0 Å². The number of aromatic nitrogens is 2. The van der Waals surface area contributed by atoms with Gasteiger partial charge in [-0.3, -0.25) is 9.89 Å². The van der Waals surface area contributed by atoms with Crippen LogP contribution in [0.4, 0.5) is 0 Å². The SMILES string of the molecule is O=C(NC1CC=CCC1)c1cc(C(=O)O)[nH]n1. The van der Waals surface area contributed by atoms with E-state index < -0.39 is 5.97 Å². The summed E-state index contributed by atoms with van der Waals surface area (Å²) >= 11 is 0. The third-order valence-electron chi connectivity index (χ3n) is 2.65. The van der Waals surface area contributed by atoms with E-state index >= 15 is 0 Å². The predicted molar refractivity (Wildman–Crippen MR) is 59.8 cm³/mol. The van der Waals surface area contributed by atoms with Crippen LogP contribution in [0.25, 0.3) is 0 Å². The number of allylic oxidation sites excluding steroid dienone is 1. The van der Waals surface area contributed by atoms with Crippen molar-refractivity contribution in [2.24, 2.45) is 0 Å². The highest BCUT2D eigenvalue weighted by Gasteiger charge is 2.17. The predicted octanol–water partition coefficient (Wildman–Crippen LogP) is 0.946. The second kappa shape index (κ2) is 4.82. The molecule has 0 saturated carbocycles. The second-order valence-electron chi connectivity index (χ2n) is 3.93. The van der Waals surface area contributed by atoms with Crippen LogP contribution >= 0.6 is 0 Å². The lowest BCUT2D eigenvalue weighted by molar-refractivity contribution is 0.0690. The molecule has 1 atom stereocenters. The average Bonchev–Trinajstić information content (AvgIpc) is 2.79. The van der Waals surface area contributed by atoms with Gasteiger partial charge in [0.15, 0.2) is 5.69 Å². The van der Waals surface area contributed by atoms with Gasteiger partial charge in [-0.2, -0.15) is 5.10 Å². The summed E-state index contributed by atoms with van der Waals surface area (Å²) in [5.41, 5.74) is 0.0237. The molecule has 1 unspecified atom stereocenters. The molecule has 0 fully saturated rings. The van der Waals surface area contributed by atoms with Gasteiger partial charge in [0.2, 0.25) is 0 Å². The van der Waals surface area contributed by atoms with Gasteiger partial charge in [0.05, 0.1) is 0 Å². The molecule has 6 nitrogen and oxygen atoms in total. The third kappa shape index (κ3) is 2.72. The van der Waals surface area contributed by atoms with Crippen molar-refractivity contribution in [3.8, 4) is 0 Å². The zero-order valence-electron chi connectivity index (χ0n) is 9.14.